The molecule has 1 saturated carbocycles. The van der Waals surface area contributed by atoms with Gasteiger partial charge in [0.25, 0.3) is 0 Å². The Morgan fingerprint density at radius 1 is 1.23 bits per heavy atom. The van der Waals surface area contributed by atoms with Crippen LogP contribution in [0.1, 0.15) is 55.3 Å². The SMILES string of the molecule is C[C@]1(O)C[C@@H](n2cnc3cc(OCCN4CCC5(CC4)C(=O)Nc4ccc(C#N)cc45)cc(C(F)(F)F)c32)C1. The number of piperidine rings is 1. The van der Waals surface area contributed by atoms with Crippen LogP contribution >= 0.6 is 0 Å². The number of aromatic nitrogens is 2. The first-order valence-corrected chi connectivity index (χ1v) is 13.0. The molecule has 0 unspecified atom stereocenters. The van der Waals surface area contributed by atoms with E-state index in [1.165, 1.54) is 17.0 Å². The zero-order valence-corrected chi connectivity index (χ0v) is 21.4. The van der Waals surface area contributed by atoms with Crippen LogP contribution in [-0.2, 0) is 16.4 Å². The van der Waals surface area contributed by atoms with E-state index in [1.54, 1.807) is 25.1 Å². The fourth-order valence-corrected chi connectivity index (χ4v) is 6.30. The number of ether oxygens (including phenoxy) is 1. The zero-order valence-electron chi connectivity index (χ0n) is 21.4. The Kier molecular flexibility index (Phi) is 5.89. The van der Waals surface area contributed by atoms with Crippen molar-refractivity contribution in [3.05, 3.63) is 53.3 Å². The molecule has 11 heteroatoms. The molecule has 3 aromatic rings. The molecule has 39 heavy (non-hydrogen) atoms. The first-order valence-electron chi connectivity index (χ1n) is 13.0. The first kappa shape index (κ1) is 25.6. The van der Waals surface area contributed by atoms with E-state index >= 15 is 0 Å². The van der Waals surface area contributed by atoms with Gasteiger partial charge in [-0.15, -0.1) is 0 Å². The van der Waals surface area contributed by atoms with Crippen molar-refractivity contribution in [1.29, 1.82) is 5.26 Å². The van der Waals surface area contributed by atoms with Crippen LogP contribution in [-0.4, -0.2) is 57.3 Å². The highest BCUT2D eigenvalue weighted by atomic mass is 19.4. The summed E-state index contributed by atoms with van der Waals surface area (Å²) < 4.78 is 49.4. The number of alkyl halides is 3. The second-order valence-electron chi connectivity index (χ2n) is 11.1. The number of imidazole rings is 1. The number of halogens is 3. The minimum Gasteiger partial charge on any atom is -0.492 e. The number of amides is 1. The van der Waals surface area contributed by atoms with Crippen molar-refractivity contribution in [3.8, 4) is 11.8 Å². The van der Waals surface area contributed by atoms with Crippen LogP contribution in [0.4, 0.5) is 18.9 Å². The molecule has 1 saturated heterocycles. The fraction of sp³-hybridized carbons (Fsp3) is 0.464. The number of benzene rings is 2. The number of aliphatic hydroxyl groups is 1. The van der Waals surface area contributed by atoms with Gasteiger partial charge >= 0.3 is 6.18 Å². The Morgan fingerprint density at radius 2 is 1.97 bits per heavy atom. The zero-order chi connectivity index (χ0) is 27.6. The van der Waals surface area contributed by atoms with E-state index in [9.17, 15) is 28.3 Å². The Labute approximate surface area is 223 Å². The summed E-state index contributed by atoms with van der Waals surface area (Å²) in [6.07, 6.45) is -1.28. The summed E-state index contributed by atoms with van der Waals surface area (Å²) in [6, 6.07) is 9.69. The average molecular weight is 540 g/mol. The monoisotopic (exact) mass is 539 g/mol. The van der Waals surface area contributed by atoms with Gasteiger partial charge in [0.2, 0.25) is 5.91 Å². The minimum absolute atomic E-state index is 0.00588. The number of fused-ring (bicyclic) bond motifs is 3. The van der Waals surface area contributed by atoms with Crippen LogP contribution in [0.2, 0.25) is 0 Å². The lowest BCUT2D eigenvalue weighted by Crippen LogP contribution is -2.47. The number of anilines is 1. The molecule has 204 valence electrons. The van der Waals surface area contributed by atoms with Gasteiger partial charge in [-0.25, -0.2) is 4.98 Å². The van der Waals surface area contributed by atoms with Gasteiger partial charge in [-0.2, -0.15) is 18.4 Å². The molecular formula is C28H28F3N5O3. The highest BCUT2D eigenvalue weighted by molar-refractivity contribution is 6.06. The van der Waals surface area contributed by atoms with Crippen molar-refractivity contribution in [2.75, 3.05) is 31.6 Å². The molecule has 2 fully saturated rings. The second-order valence-corrected chi connectivity index (χ2v) is 11.1. The van der Waals surface area contributed by atoms with Crippen molar-refractivity contribution in [1.82, 2.24) is 14.5 Å². The lowest BCUT2D eigenvalue weighted by atomic mass is 9.73. The van der Waals surface area contributed by atoms with E-state index in [2.05, 4.69) is 21.3 Å². The number of carbonyl (C=O) groups excluding carboxylic acids is 1. The van der Waals surface area contributed by atoms with E-state index in [0.29, 0.717) is 50.9 Å². The lowest BCUT2D eigenvalue weighted by molar-refractivity contribution is -0.136. The summed E-state index contributed by atoms with van der Waals surface area (Å²) in [5.74, 6) is 0.0451. The molecule has 0 atom stereocenters. The average Bonchev–Trinajstić information content (AvgIpc) is 3.41. The molecule has 1 aromatic heterocycles. The number of hydrogen-bond acceptors (Lipinski definition) is 6. The quantitative estimate of drug-likeness (QED) is 0.499. The predicted molar refractivity (Wildman–Crippen MR) is 136 cm³/mol. The summed E-state index contributed by atoms with van der Waals surface area (Å²) >= 11 is 0. The molecule has 1 spiro atoms. The third-order valence-corrected chi connectivity index (χ3v) is 8.43. The number of nitrogens with zero attached hydrogens (tertiary/aromatic N) is 4. The Bertz CT molecular complexity index is 1490. The number of likely N-dealkylation sites (tertiary alicyclic amines) is 1. The minimum atomic E-state index is -4.59. The predicted octanol–water partition coefficient (Wildman–Crippen LogP) is 4.38. The van der Waals surface area contributed by atoms with Gasteiger partial charge < -0.3 is 19.7 Å². The number of nitriles is 1. The van der Waals surface area contributed by atoms with Gasteiger partial charge in [-0.1, -0.05) is 0 Å². The van der Waals surface area contributed by atoms with Gasteiger partial charge in [0.15, 0.2) is 0 Å². The molecular weight excluding hydrogens is 511 g/mol. The lowest BCUT2D eigenvalue weighted by Gasteiger charge is -2.41. The van der Waals surface area contributed by atoms with Gasteiger partial charge in [-0.05, 0) is 75.5 Å². The number of carbonyl (C=O) groups is 1. The van der Waals surface area contributed by atoms with E-state index < -0.39 is 22.8 Å². The van der Waals surface area contributed by atoms with Crippen LogP contribution < -0.4 is 10.1 Å². The van der Waals surface area contributed by atoms with Crippen molar-refractivity contribution in [2.24, 2.45) is 0 Å². The third kappa shape index (κ3) is 4.41. The molecule has 1 amide bonds. The maximum absolute atomic E-state index is 14.0. The van der Waals surface area contributed by atoms with E-state index in [0.717, 1.165) is 17.3 Å². The third-order valence-electron chi connectivity index (χ3n) is 8.43. The number of nitrogens with one attached hydrogen (secondary N) is 1. The van der Waals surface area contributed by atoms with Crippen molar-refractivity contribution in [2.45, 2.75) is 55.8 Å². The molecule has 6 rings (SSSR count). The standard InChI is InChI=1S/C28H28F3N5O3/c1-26(38)13-18(14-26)36-16-33-23-12-19(11-21(24(23)36)28(29,30)31)39-9-8-35-6-4-27(5-7-35)20-10-17(15-32)2-3-22(20)34-25(27)37/h2-3,10-12,16,18,38H,4-9,13-14H2,1H3,(H,34,37)/t18-,26+. The maximum atomic E-state index is 14.0. The van der Waals surface area contributed by atoms with Gasteiger partial charge in [-0.3, -0.25) is 9.69 Å². The summed E-state index contributed by atoms with van der Waals surface area (Å²) in [5.41, 5.74) is -0.0145. The molecule has 1 aliphatic carbocycles. The fourth-order valence-electron chi connectivity index (χ4n) is 6.30. The Balaban J connectivity index is 1.13. The molecule has 2 N–H and O–H groups in total. The summed E-state index contributed by atoms with van der Waals surface area (Å²) in [7, 11) is 0. The van der Waals surface area contributed by atoms with Gasteiger partial charge in [0, 0.05) is 24.3 Å². The normalized spacial score (nSPS) is 24.3. The molecule has 0 radical (unpaired) electrons. The number of hydrogen-bond donors (Lipinski definition) is 2. The van der Waals surface area contributed by atoms with Crippen LogP contribution in [0.15, 0.2) is 36.7 Å². The first-order chi connectivity index (χ1) is 18.5. The molecule has 3 aliphatic rings. The van der Waals surface area contributed by atoms with Crippen LogP contribution in [0.3, 0.4) is 0 Å². The highest BCUT2D eigenvalue weighted by Crippen LogP contribution is 2.46. The molecule has 8 nitrogen and oxygen atoms in total. The second kappa shape index (κ2) is 8.96. The van der Waals surface area contributed by atoms with Crippen molar-refractivity contribution >= 4 is 22.6 Å². The maximum Gasteiger partial charge on any atom is 0.418 e. The molecule has 3 heterocycles. The van der Waals surface area contributed by atoms with E-state index in [4.69, 9.17) is 4.74 Å². The highest BCUT2D eigenvalue weighted by Gasteiger charge is 2.48. The van der Waals surface area contributed by atoms with Gasteiger partial charge in [0.1, 0.15) is 12.4 Å². The van der Waals surface area contributed by atoms with Crippen molar-refractivity contribution in [3.63, 3.8) is 0 Å². The largest absolute Gasteiger partial charge is 0.492 e. The smallest absolute Gasteiger partial charge is 0.418 e. The topological polar surface area (TPSA) is 103 Å². The summed E-state index contributed by atoms with van der Waals surface area (Å²) in [4.78, 5) is 19.2. The molecule has 2 aliphatic heterocycles. The van der Waals surface area contributed by atoms with Gasteiger partial charge in [0.05, 0.1) is 45.6 Å². The van der Waals surface area contributed by atoms with Crippen LogP contribution in [0.5, 0.6) is 5.75 Å². The van der Waals surface area contributed by atoms with E-state index in [-0.39, 0.29) is 35.3 Å². The van der Waals surface area contributed by atoms with Crippen LogP contribution in [0.25, 0.3) is 11.0 Å². The number of rotatable bonds is 5. The molecule has 2 aromatic carbocycles. The summed E-state index contributed by atoms with van der Waals surface area (Å²) in [5, 5.41) is 22.3. The Hall–Kier alpha value is -3.62. The Morgan fingerprint density at radius 3 is 2.64 bits per heavy atom. The summed E-state index contributed by atoms with van der Waals surface area (Å²) in [6.45, 7) is 3.59. The van der Waals surface area contributed by atoms with Crippen molar-refractivity contribution < 1.29 is 27.8 Å². The van der Waals surface area contributed by atoms with E-state index in [1.807, 2.05) is 0 Å². The van der Waals surface area contributed by atoms with Crippen LogP contribution in [0, 0.1) is 11.3 Å². The molecule has 0 bridgehead atoms.